The van der Waals surface area contributed by atoms with E-state index in [4.69, 9.17) is 0 Å². The number of piperidine rings is 1. The monoisotopic (exact) mass is 354 g/mol. The van der Waals surface area contributed by atoms with Gasteiger partial charge in [-0.15, -0.1) is 0 Å². The molecular weight excluding hydrogens is 328 g/mol. The first kappa shape index (κ1) is 18.2. The van der Waals surface area contributed by atoms with Gasteiger partial charge in [-0.25, -0.2) is 9.78 Å². The van der Waals surface area contributed by atoms with Crippen molar-refractivity contribution < 1.29 is 9.90 Å². The number of aliphatic hydroxyl groups is 1. The summed E-state index contributed by atoms with van der Waals surface area (Å²) in [5, 5.41) is 13.4. The van der Waals surface area contributed by atoms with Crippen molar-refractivity contribution in [1.82, 2.24) is 9.88 Å². The standard InChI is InChI=1S/C20H26N4O2/c1-23(2)18-10-6-9-17(21-18)22-20(26)24-13-11-16(12-14-24)19(25)15-7-4-3-5-8-15/h3-10,16,19,25H,11-14H2,1-2H3,(H,21,22,26)/t19-/m1/s1. The number of carbonyl (C=O) groups is 1. The van der Waals surface area contributed by atoms with E-state index < -0.39 is 6.10 Å². The minimum atomic E-state index is -0.472. The van der Waals surface area contributed by atoms with Gasteiger partial charge < -0.3 is 14.9 Å². The fourth-order valence-electron chi connectivity index (χ4n) is 3.27. The van der Waals surface area contributed by atoms with Crippen LogP contribution in [0, 0.1) is 5.92 Å². The minimum absolute atomic E-state index is 0.138. The number of urea groups is 1. The molecular formula is C20H26N4O2. The number of aromatic nitrogens is 1. The molecule has 1 fully saturated rings. The van der Waals surface area contributed by atoms with Gasteiger partial charge in [0.05, 0.1) is 6.10 Å². The van der Waals surface area contributed by atoms with Crippen LogP contribution < -0.4 is 10.2 Å². The molecule has 2 amide bonds. The average molecular weight is 354 g/mol. The van der Waals surface area contributed by atoms with Crippen LogP contribution in [-0.4, -0.2) is 48.2 Å². The second-order valence-electron chi connectivity index (χ2n) is 6.89. The fraction of sp³-hybridized carbons (Fsp3) is 0.400. The van der Waals surface area contributed by atoms with E-state index in [9.17, 15) is 9.90 Å². The van der Waals surface area contributed by atoms with E-state index in [1.165, 1.54) is 0 Å². The number of carbonyl (C=O) groups excluding carboxylic acids is 1. The largest absolute Gasteiger partial charge is 0.388 e. The lowest BCUT2D eigenvalue weighted by atomic mass is 9.87. The third-order valence-corrected chi connectivity index (χ3v) is 4.84. The Bertz CT molecular complexity index is 728. The van der Waals surface area contributed by atoms with Crippen molar-refractivity contribution >= 4 is 17.7 Å². The second kappa shape index (κ2) is 8.19. The Labute approximate surface area is 154 Å². The Morgan fingerprint density at radius 2 is 1.85 bits per heavy atom. The highest BCUT2D eigenvalue weighted by Gasteiger charge is 2.28. The molecule has 0 saturated carbocycles. The Kier molecular flexibility index (Phi) is 5.73. The zero-order chi connectivity index (χ0) is 18.5. The van der Waals surface area contributed by atoms with E-state index in [1.54, 1.807) is 11.0 Å². The Balaban J connectivity index is 1.54. The van der Waals surface area contributed by atoms with Crippen LogP contribution >= 0.6 is 0 Å². The molecule has 1 aromatic carbocycles. The van der Waals surface area contributed by atoms with Crippen LogP contribution in [0.1, 0.15) is 24.5 Å². The smallest absolute Gasteiger partial charge is 0.323 e. The zero-order valence-electron chi connectivity index (χ0n) is 15.3. The van der Waals surface area contributed by atoms with E-state index in [0.29, 0.717) is 18.9 Å². The maximum Gasteiger partial charge on any atom is 0.323 e. The summed E-state index contributed by atoms with van der Waals surface area (Å²) in [5.41, 5.74) is 0.945. The number of pyridine rings is 1. The van der Waals surface area contributed by atoms with Crippen molar-refractivity contribution in [3.63, 3.8) is 0 Å². The maximum atomic E-state index is 12.5. The molecule has 1 aliphatic rings. The number of amides is 2. The highest BCUT2D eigenvalue weighted by atomic mass is 16.3. The van der Waals surface area contributed by atoms with Crippen molar-refractivity contribution in [3.05, 3.63) is 54.1 Å². The zero-order valence-corrected chi connectivity index (χ0v) is 15.3. The molecule has 2 aromatic rings. The van der Waals surface area contributed by atoms with Crippen LogP contribution in [0.4, 0.5) is 16.4 Å². The van der Waals surface area contributed by atoms with Crippen molar-refractivity contribution in [2.75, 3.05) is 37.4 Å². The van der Waals surface area contributed by atoms with Gasteiger partial charge in [0.2, 0.25) is 0 Å². The number of hydrogen-bond acceptors (Lipinski definition) is 4. The number of hydrogen-bond donors (Lipinski definition) is 2. The summed E-state index contributed by atoms with van der Waals surface area (Å²) in [6, 6.07) is 15.2. The van der Waals surface area contributed by atoms with Gasteiger partial charge in [0.1, 0.15) is 11.6 Å². The van der Waals surface area contributed by atoms with Gasteiger partial charge in [0.15, 0.2) is 0 Å². The lowest BCUT2D eigenvalue weighted by molar-refractivity contribution is 0.0683. The molecule has 1 aromatic heterocycles. The summed E-state index contributed by atoms with van der Waals surface area (Å²) in [6.45, 7) is 1.27. The molecule has 26 heavy (non-hydrogen) atoms. The van der Waals surface area contributed by atoms with Gasteiger partial charge >= 0.3 is 6.03 Å². The van der Waals surface area contributed by atoms with Gasteiger partial charge in [0, 0.05) is 27.2 Å². The third kappa shape index (κ3) is 4.32. The lowest BCUT2D eigenvalue weighted by Crippen LogP contribution is -2.42. The highest BCUT2D eigenvalue weighted by Crippen LogP contribution is 2.30. The molecule has 1 saturated heterocycles. The van der Waals surface area contributed by atoms with Crippen LogP contribution in [0.25, 0.3) is 0 Å². The molecule has 0 aliphatic carbocycles. The number of aliphatic hydroxyl groups excluding tert-OH is 1. The van der Waals surface area contributed by atoms with Gasteiger partial charge in [-0.05, 0) is 36.5 Å². The molecule has 1 atom stereocenters. The van der Waals surface area contributed by atoms with Crippen LogP contribution in [-0.2, 0) is 0 Å². The summed E-state index contributed by atoms with van der Waals surface area (Å²) in [4.78, 5) is 20.6. The minimum Gasteiger partial charge on any atom is -0.388 e. The predicted octanol–water partition coefficient (Wildman–Crippen LogP) is 3.13. The molecule has 2 N–H and O–H groups in total. The lowest BCUT2D eigenvalue weighted by Gasteiger charge is -2.34. The quantitative estimate of drug-likeness (QED) is 0.885. The van der Waals surface area contributed by atoms with Crippen molar-refractivity contribution in [1.29, 1.82) is 0 Å². The van der Waals surface area contributed by atoms with E-state index in [1.807, 2.05) is 61.5 Å². The first-order valence-electron chi connectivity index (χ1n) is 8.98. The summed E-state index contributed by atoms with van der Waals surface area (Å²) in [7, 11) is 3.83. The summed E-state index contributed by atoms with van der Waals surface area (Å²) in [6.07, 6.45) is 1.10. The van der Waals surface area contributed by atoms with Gasteiger partial charge in [-0.3, -0.25) is 5.32 Å². The molecule has 2 heterocycles. The maximum absolute atomic E-state index is 12.5. The van der Waals surface area contributed by atoms with Crippen LogP contribution in [0.3, 0.4) is 0 Å². The second-order valence-corrected chi connectivity index (χ2v) is 6.89. The summed E-state index contributed by atoms with van der Waals surface area (Å²) < 4.78 is 0. The Morgan fingerprint density at radius 3 is 2.50 bits per heavy atom. The first-order valence-corrected chi connectivity index (χ1v) is 8.98. The average Bonchev–Trinajstić information content (AvgIpc) is 2.68. The van der Waals surface area contributed by atoms with Gasteiger partial charge in [0.25, 0.3) is 0 Å². The summed E-state index contributed by atoms with van der Waals surface area (Å²) >= 11 is 0. The van der Waals surface area contributed by atoms with Crippen molar-refractivity contribution in [2.45, 2.75) is 18.9 Å². The number of nitrogens with one attached hydrogen (secondary N) is 1. The van der Waals surface area contributed by atoms with Crippen LogP contribution in [0.5, 0.6) is 0 Å². The third-order valence-electron chi connectivity index (χ3n) is 4.84. The molecule has 0 spiro atoms. The molecule has 1 aliphatic heterocycles. The number of likely N-dealkylation sites (tertiary alicyclic amines) is 1. The predicted molar refractivity (Wildman–Crippen MR) is 103 cm³/mol. The number of anilines is 2. The van der Waals surface area contributed by atoms with E-state index in [2.05, 4.69) is 10.3 Å². The normalized spacial score (nSPS) is 16.2. The van der Waals surface area contributed by atoms with Crippen molar-refractivity contribution in [3.8, 4) is 0 Å². The van der Waals surface area contributed by atoms with Gasteiger partial charge in [-0.1, -0.05) is 36.4 Å². The molecule has 0 bridgehead atoms. The SMILES string of the molecule is CN(C)c1cccc(NC(=O)N2CCC([C@H](O)c3ccccc3)CC2)n1. The number of rotatable bonds is 4. The fourth-order valence-corrected chi connectivity index (χ4v) is 3.27. The molecule has 0 unspecified atom stereocenters. The Hall–Kier alpha value is -2.60. The van der Waals surface area contributed by atoms with Gasteiger partial charge in [-0.2, -0.15) is 0 Å². The summed E-state index contributed by atoms with van der Waals surface area (Å²) in [5.74, 6) is 1.52. The van der Waals surface area contributed by atoms with E-state index >= 15 is 0 Å². The molecule has 138 valence electrons. The van der Waals surface area contributed by atoms with Crippen molar-refractivity contribution in [2.24, 2.45) is 5.92 Å². The van der Waals surface area contributed by atoms with Crippen LogP contribution in [0.2, 0.25) is 0 Å². The van der Waals surface area contributed by atoms with E-state index in [-0.39, 0.29) is 11.9 Å². The molecule has 3 rings (SSSR count). The Morgan fingerprint density at radius 1 is 1.15 bits per heavy atom. The molecule has 6 nitrogen and oxygen atoms in total. The van der Waals surface area contributed by atoms with E-state index in [0.717, 1.165) is 24.2 Å². The molecule has 0 radical (unpaired) electrons. The topological polar surface area (TPSA) is 68.7 Å². The van der Waals surface area contributed by atoms with Crippen LogP contribution in [0.15, 0.2) is 48.5 Å². The molecule has 6 heteroatoms. The highest BCUT2D eigenvalue weighted by molar-refractivity contribution is 5.88. The first-order chi connectivity index (χ1) is 12.5. The number of benzene rings is 1. The number of nitrogens with zero attached hydrogens (tertiary/aromatic N) is 3.